The maximum atomic E-state index is 9.40. The predicted molar refractivity (Wildman–Crippen MR) is 59.9 cm³/mol. The van der Waals surface area contributed by atoms with Crippen LogP contribution in [0.4, 0.5) is 0 Å². The van der Waals surface area contributed by atoms with Gasteiger partial charge in [0.1, 0.15) is 0 Å². The highest BCUT2D eigenvalue weighted by atomic mass is 16.5. The van der Waals surface area contributed by atoms with E-state index in [1.54, 1.807) is 0 Å². The number of benzene rings is 1. The highest BCUT2D eigenvalue weighted by Gasteiger charge is 2.23. The van der Waals surface area contributed by atoms with Crippen molar-refractivity contribution in [2.24, 2.45) is 5.92 Å². The molecule has 0 aromatic heterocycles. The van der Waals surface area contributed by atoms with E-state index < -0.39 is 0 Å². The molecular formula is C13H18O2. The Hall–Kier alpha value is -0.860. The standard InChI is InChI=1S/C13H18O2/c1-10-3-2-4-12(5-10)13(7-14)6-11-8-15-9-11/h2-5,11,13-14H,6-9H2,1H3. The Morgan fingerprint density at radius 2 is 2.27 bits per heavy atom. The van der Waals surface area contributed by atoms with Crippen molar-refractivity contribution in [2.75, 3.05) is 19.8 Å². The summed E-state index contributed by atoms with van der Waals surface area (Å²) in [5.74, 6) is 0.918. The van der Waals surface area contributed by atoms with Gasteiger partial charge in [0.05, 0.1) is 13.2 Å². The van der Waals surface area contributed by atoms with Gasteiger partial charge in [0.2, 0.25) is 0 Å². The Balaban J connectivity index is 2.04. The molecule has 0 saturated carbocycles. The lowest BCUT2D eigenvalue weighted by Crippen LogP contribution is -2.29. The average molecular weight is 206 g/mol. The molecule has 1 aromatic carbocycles. The van der Waals surface area contributed by atoms with Gasteiger partial charge in [-0.05, 0) is 18.9 Å². The van der Waals surface area contributed by atoms with Crippen molar-refractivity contribution >= 4 is 0 Å². The Morgan fingerprint density at radius 3 is 2.80 bits per heavy atom. The van der Waals surface area contributed by atoms with Crippen molar-refractivity contribution in [3.05, 3.63) is 35.4 Å². The second-order valence-corrected chi connectivity index (χ2v) is 4.43. The van der Waals surface area contributed by atoms with Crippen molar-refractivity contribution in [1.82, 2.24) is 0 Å². The minimum absolute atomic E-state index is 0.236. The first-order chi connectivity index (χ1) is 7.29. The molecule has 2 heteroatoms. The average Bonchev–Trinajstić information content (AvgIpc) is 2.16. The number of aryl methyl sites for hydroxylation is 1. The fourth-order valence-corrected chi connectivity index (χ4v) is 2.06. The molecule has 2 rings (SSSR count). The van der Waals surface area contributed by atoms with Gasteiger partial charge < -0.3 is 9.84 Å². The third kappa shape index (κ3) is 2.58. The number of hydrogen-bond acceptors (Lipinski definition) is 2. The summed E-state index contributed by atoms with van der Waals surface area (Å²) >= 11 is 0. The second kappa shape index (κ2) is 4.77. The highest BCUT2D eigenvalue weighted by molar-refractivity contribution is 5.25. The summed E-state index contributed by atoms with van der Waals surface area (Å²) in [5, 5.41) is 9.40. The molecule has 0 bridgehead atoms. The topological polar surface area (TPSA) is 29.5 Å². The van der Waals surface area contributed by atoms with Crippen LogP contribution in [0.25, 0.3) is 0 Å². The van der Waals surface area contributed by atoms with Crippen molar-refractivity contribution < 1.29 is 9.84 Å². The van der Waals surface area contributed by atoms with Crippen molar-refractivity contribution in [3.63, 3.8) is 0 Å². The van der Waals surface area contributed by atoms with Crippen LogP contribution in [0.3, 0.4) is 0 Å². The number of aliphatic hydroxyl groups is 1. The van der Waals surface area contributed by atoms with Crippen LogP contribution >= 0.6 is 0 Å². The Kier molecular flexibility index (Phi) is 3.39. The van der Waals surface area contributed by atoms with Crippen LogP contribution in [0.2, 0.25) is 0 Å². The van der Waals surface area contributed by atoms with E-state index >= 15 is 0 Å². The monoisotopic (exact) mass is 206 g/mol. The van der Waals surface area contributed by atoms with Crippen LogP contribution < -0.4 is 0 Å². The molecule has 1 aliphatic heterocycles. The van der Waals surface area contributed by atoms with Gasteiger partial charge in [-0.15, -0.1) is 0 Å². The third-order valence-electron chi connectivity index (χ3n) is 3.06. The van der Waals surface area contributed by atoms with Crippen LogP contribution in [-0.4, -0.2) is 24.9 Å². The lowest BCUT2D eigenvalue weighted by atomic mass is 9.88. The molecule has 1 heterocycles. The smallest absolute Gasteiger partial charge is 0.0516 e. The van der Waals surface area contributed by atoms with Crippen LogP contribution in [-0.2, 0) is 4.74 Å². The van der Waals surface area contributed by atoms with Crippen LogP contribution in [0.15, 0.2) is 24.3 Å². The highest BCUT2D eigenvalue weighted by Crippen LogP contribution is 2.27. The first kappa shape index (κ1) is 10.7. The molecule has 1 fully saturated rings. The minimum Gasteiger partial charge on any atom is -0.396 e. The van der Waals surface area contributed by atoms with E-state index in [-0.39, 0.29) is 12.5 Å². The van der Waals surface area contributed by atoms with Gasteiger partial charge in [0.15, 0.2) is 0 Å². The van der Waals surface area contributed by atoms with Crippen molar-refractivity contribution in [1.29, 1.82) is 0 Å². The molecular weight excluding hydrogens is 188 g/mol. The quantitative estimate of drug-likeness (QED) is 0.817. The Morgan fingerprint density at radius 1 is 1.47 bits per heavy atom. The van der Waals surface area contributed by atoms with Crippen LogP contribution in [0.1, 0.15) is 23.5 Å². The van der Waals surface area contributed by atoms with E-state index in [4.69, 9.17) is 4.74 Å². The molecule has 1 N–H and O–H groups in total. The molecule has 0 spiro atoms. The number of ether oxygens (including phenoxy) is 1. The molecule has 1 aliphatic rings. The van der Waals surface area contributed by atoms with Gasteiger partial charge in [-0.1, -0.05) is 29.8 Å². The second-order valence-electron chi connectivity index (χ2n) is 4.43. The molecule has 1 atom stereocenters. The van der Waals surface area contributed by atoms with Gasteiger partial charge in [0.25, 0.3) is 0 Å². The number of rotatable bonds is 4. The van der Waals surface area contributed by atoms with E-state index in [0.29, 0.717) is 5.92 Å². The third-order valence-corrected chi connectivity index (χ3v) is 3.06. The summed E-state index contributed by atoms with van der Waals surface area (Å²) in [6, 6.07) is 8.42. The lowest BCUT2D eigenvalue weighted by molar-refractivity contribution is -0.0405. The summed E-state index contributed by atoms with van der Waals surface area (Å²) in [7, 11) is 0. The molecule has 15 heavy (non-hydrogen) atoms. The van der Waals surface area contributed by atoms with E-state index in [0.717, 1.165) is 19.6 Å². The maximum absolute atomic E-state index is 9.40. The zero-order valence-corrected chi connectivity index (χ0v) is 9.15. The lowest BCUT2D eigenvalue weighted by Gasteiger charge is -2.29. The zero-order chi connectivity index (χ0) is 10.7. The molecule has 1 saturated heterocycles. The van der Waals surface area contributed by atoms with Gasteiger partial charge in [0, 0.05) is 18.4 Å². The first-order valence-corrected chi connectivity index (χ1v) is 5.54. The molecule has 1 aromatic rings. The summed E-state index contributed by atoms with van der Waals surface area (Å²) in [6.45, 7) is 4.05. The van der Waals surface area contributed by atoms with Crippen LogP contribution in [0, 0.1) is 12.8 Å². The summed E-state index contributed by atoms with van der Waals surface area (Å²) in [5.41, 5.74) is 2.51. The molecule has 0 radical (unpaired) electrons. The fraction of sp³-hybridized carbons (Fsp3) is 0.538. The predicted octanol–water partition coefficient (Wildman–Crippen LogP) is 2.11. The maximum Gasteiger partial charge on any atom is 0.0516 e. The van der Waals surface area contributed by atoms with E-state index in [2.05, 4.69) is 31.2 Å². The summed E-state index contributed by atoms with van der Waals surface area (Å²) in [6.07, 6.45) is 1.04. The molecule has 0 amide bonds. The zero-order valence-electron chi connectivity index (χ0n) is 9.15. The fourth-order valence-electron chi connectivity index (χ4n) is 2.06. The number of aliphatic hydroxyl groups excluding tert-OH is 1. The summed E-state index contributed by atoms with van der Waals surface area (Å²) < 4.78 is 5.16. The van der Waals surface area contributed by atoms with E-state index in [9.17, 15) is 5.11 Å². The van der Waals surface area contributed by atoms with Gasteiger partial charge in [-0.3, -0.25) is 0 Å². The summed E-state index contributed by atoms with van der Waals surface area (Å²) in [4.78, 5) is 0. The van der Waals surface area contributed by atoms with Gasteiger partial charge in [-0.2, -0.15) is 0 Å². The normalized spacial score (nSPS) is 18.5. The molecule has 82 valence electrons. The van der Waals surface area contributed by atoms with Gasteiger partial charge in [-0.25, -0.2) is 0 Å². The van der Waals surface area contributed by atoms with Crippen molar-refractivity contribution in [3.8, 4) is 0 Å². The first-order valence-electron chi connectivity index (χ1n) is 5.54. The van der Waals surface area contributed by atoms with Crippen LogP contribution in [0.5, 0.6) is 0 Å². The molecule has 1 unspecified atom stereocenters. The minimum atomic E-state index is 0.236. The molecule has 0 aliphatic carbocycles. The largest absolute Gasteiger partial charge is 0.396 e. The van der Waals surface area contributed by atoms with E-state index in [1.165, 1.54) is 11.1 Å². The number of hydrogen-bond donors (Lipinski definition) is 1. The molecule has 2 nitrogen and oxygen atoms in total. The SMILES string of the molecule is Cc1cccc(C(CO)CC2COC2)c1. The van der Waals surface area contributed by atoms with Crippen molar-refractivity contribution in [2.45, 2.75) is 19.3 Å². The Bertz CT molecular complexity index is 318. The Labute approximate surface area is 90.9 Å². The van der Waals surface area contributed by atoms with E-state index in [1.807, 2.05) is 0 Å². The van der Waals surface area contributed by atoms with Gasteiger partial charge >= 0.3 is 0 Å².